The van der Waals surface area contributed by atoms with Crippen LogP contribution in [-0.4, -0.2) is 37.3 Å². The summed E-state index contributed by atoms with van der Waals surface area (Å²) in [4.78, 5) is 57.9. The van der Waals surface area contributed by atoms with Gasteiger partial charge in [-0.3, -0.25) is 24.4 Å². The molecule has 0 radical (unpaired) electrons. The van der Waals surface area contributed by atoms with Gasteiger partial charge in [0.1, 0.15) is 16.9 Å². The minimum Gasteiger partial charge on any atom is -0.494 e. The number of aryl methyl sites for hydroxylation is 2. The molecule has 5 N–H and O–H groups in total. The molecule has 2 amide bonds. The van der Waals surface area contributed by atoms with E-state index in [-0.39, 0.29) is 23.1 Å². The summed E-state index contributed by atoms with van der Waals surface area (Å²) in [6.45, 7) is 3.84. The molecule has 0 aliphatic carbocycles. The van der Waals surface area contributed by atoms with E-state index in [1.54, 1.807) is 24.3 Å². The Morgan fingerprint density at radius 3 is 2.29 bits per heavy atom. The number of aromatic hydroxyl groups is 1. The van der Waals surface area contributed by atoms with Gasteiger partial charge >= 0.3 is 5.69 Å². The van der Waals surface area contributed by atoms with Crippen molar-refractivity contribution in [3.8, 4) is 5.88 Å². The average molecular weight is 494 g/mol. The number of rotatable bonds is 6. The van der Waals surface area contributed by atoms with Crippen molar-refractivity contribution in [2.24, 2.45) is 4.99 Å². The first-order chi connectivity index (χ1) is 16.7. The maximum absolute atomic E-state index is 12.5. The van der Waals surface area contributed by atoms with Crippen molar-refractivity contribution < 1.29 is 14.7 Å². The minimum absolute atomic E-state index is 0.0803. The normalized spacial score (nSPS) is 17.3. The standard InChI is InChI=1S/C24H23N5O5S/c1-12-3-7-14(8-4-12)19(18-21(32)27-23(34)28-22(18)33)26-24-29-20(31)16(35-24)11-17(30)25-15-9-5-13(2)6-10-15/h3-10,16,19H,11H2,1-2H3,(H,25,30)(H,26,29,31)(H3,27,28,32,33,34)/t16-,19+/m0/s1. The molecule has 0 spiro atoms. The van der Waals surface area contributed by atoms with Crippen LogP contribution < -0.4 is 21.9 Å². The predicted octanol–water partition coefficient (Wildman–Crippen LogP) is 2.09. The lowest BCUT2D eigenvalue weighted by Crippen LogP contribution is -2.29. The molecule has 2 aromatic carbocycles. The third-order valence-corrected chi connectivity index (χ3v) is 6.45. The van der Waals surface area contributed by atoms with Crippen molar-refractivity contribution in [2.75, 3.05) is 5.32 Å². The lowest BCUT2D eigenvalue weighted by molar-refractivity contribution is -0.122. The number of nitrogens with one attached hydrogen (secondary N) is 4. The van der Waals surface area contributed by atoms with Crippen molar-refractivity contribution in [1.29, 1.82) is 0 Å². The molecular weight excluding hydrogens is 470 g/mol. The predicted molar refractivity (Wildman–Crippen MR) is 134 cm³/mol. The van der Waals surface area contributed by atoms with Crippen LogP contribution in [0.4, 0.5) is 5.69 Å². The molecule has 180 valence electrons. The zero-order chi connectivity index (χ0) is 25.1. The summed E-state index contributed by atoms with van der Waals surface area (Å²) >= 11 is 1.06. The van der Waals surface area contributed by atoms with Crippen LogP contribution in [0.1, 0.15) is 34.7 Å². The van der Waals surface area contributed by atoms with Crippen molar-refractivity contribution in [2.45, 2.75) is 31.6 Å². The molecule has 0 saturated carbocycles. The SMILES string of the molecule is Cc1ccc(NC(=O)C[C@@H]2SC(=N[C@H](c3ccc(C)cc3)c3c(O)[nH]c(=O)[nH]c3=O)NC2=O)cc1. The van der Waals surface area contributed by atoms with Gasteiger partial charge in [0.15, 0.2) is 5.17 Å². The molecule has 1 aromatic heterocycles. The molecule has 1 fully saturated rings. The zero-order valence-corrected chi connectivity index (χ0v) is 19.7. The number of aliphatic imine (C=N–C) groups is 1. The van der Waals surface area contributed by atoms with Gasteiger partial charge in [0.2, 0.25) is 17.7 Å². The zero-order valence-electron chi connectivity index (χ0n) is 18.9. The minimum atomic E-state index is -1.01. The molecule has 11 heteroatoms. The number of amidine groups is 1. The summed E-state index contributed by atoms with van der Waals surface area (Å²) in [6, 6.07) is 13.4. The van der Waals surface area contributed by atoms with E-state index in [1.807, 2.05) is 38.1 Å². The fraction of sp³-hybridized carbons (Fsp3) is 0.208. The topological polar surface area (TPSA) is 157 Å². The van der Waals surface area contributed by atoms with E-state index in [4.69, 9.17) is 0 Å². The van der Waals surface area contributed by atoms with Gasteiger partial charge in [-0.2, -0.15) is 0 Å². The number of carbonyl (C=O) groups is 2. The molecule has 0 bridgehead atoms. The average Bonchev–Trinajstić information content (AvgIpc) is 3.13. The van der Waals surface area contributed by atoms with Gasteiger partial charge in [-0.1, -0.05) is 59.3 Å². The highest BCUT2D eigenvalue weighted by Crippen LogP contribution is 2.32. The van der Waals surface area contributed by atoms with Gasteiger partial charge in [-0.15, -0.1) is 0 Å². The number of nitrogens with zero attached hydrogens (tertiary/aromatic N) is 1. The van der Waals surface area contributed by atoms with Crippen LogP contribution in [0.5, 0.6) is 5.88 Å². The molecule has 0 unspecified atom stereocenters. The van der Waals surface area contributed by atoms with Crippen LogP contribution in [0.3, 0.4) is 0 Å². The fourth-order valence-corrected chi connectivity index (χ4v) is 4.52. The quantitative estimate of drug-likeness (QED) is 0.354. The lowest BCUT2D eigenvalue weighted by Gasteiger charge is -2.14. The van der Waals surface area contributed by atoms with E-state index in [0.717, 1.165) is 22.9 Å². The molecular formula is C24H23N5O5S. The Morgan fingerprint density at radius 1 is 1.03 bits per heavy atom. The number of benzene rings is 2. The van der Waals surface area contributed by atoms with Crippen molar-refractivity contribution in [1.82, 2.24) is 15.3 Å². The van der Waals surface area contributed by atoms with Gasteiger partial charge < -0.3 is 15.7 Å². The number of hydrogen-bond donors (Lipinski definition) is 5. The number of H-pyrrole nitrogens is 2. The first-order valence-electron chi connectivity index (χ1n) is 10.7. The molecule has 2 heterocycles. The number of thioether (sulfide) groups is 1. The van der Waals surface area contributed by atoms with Crippen LogP contribution in [-0.2, 0) is 9.59 Å². The van der Waals surface area contributed by atoms with Gasteiger partial charge in [0, 0.05) is 12.1 Å². The lowest BCUT2D eigenvalue weighted by atomic mass is 10.00. The van der Waals surface area contributed by atoms with E-state index in [1.165, 1.54) is 0 Å². The van der Waals surface area contributed by atoms with Crippen LogP contribution >= 0.6 is 11.8 Å². The van der Waals surface area contributed by atoms with Crippen molar-refractivity contribution in [3.05, 3.63) is 91.6 Å². The van der Waals surface area contributed by atoms with Gasteiger partial charge in [-0.25, -0.2) is 9.79 Å². The largest absolute Gasteiger partial charge is 0.494 e. The molecule has 35 heavy (non-hydrogen) atoms. The second-order valence-corrected chi connectivity index (χ2v) is 9.32. The van der Waals surface area contributed by atoms with E-state index >= 15 is 0 Å². The number of carbonyl (C=O) groups excluding carboxylic acids is 2. The Hall–Kier alpha value is -4.12. The summed E-state index contributed by atoms with van der Waals surface area (Å²) in [6.07, 6.45) is -0.0803. The van der Waals surface area contributed by atoms with Crippen LogP contribution in [0, 0.1) is 13.8 Å². The molecule has 1 aliphatic rings. The summed E-state index contributed by atoms with van der Waals surface area (Å²) in [5.74, 6) is -1.33. The van der Waals surface area contributed by atoms with Crippen LogP contribution in [0.15, 0.2) is 63.1 Å². The molecule has 3 aromatic rings. The van der Waals surface area contributed by atoms with Crippen molar-refractivity contribution in [3.63, 3.8) is 0 Å². The monoisotopic (exact) mass is 493 g/mol. The number of hydrogen-bond acceptors (Lipinski definition) is 7. The van der Waals surface area contributed by atoms with Crippen LogP contribution in [0.2, 0.25) is 0 Å². The molecule has 1 saturated heterocycles. The third kappa shape index (κ3) is 5.69. The molecule has 4 rings (SSSR count). The fourth-order valence-electron chi connectivity index (χ4n) is 3.53. The van der Waals surface area contributed by atoms with Gasteiger partial charge in [-0.05, 0) is 31.5 Å². The summed E-state index contributed by atoms with van der Waals surface area (Å²) in [7, 11) is 0. The highest BCUT2D eigenvalue weighted by Gasteiger charge is 2.33. The first-order valence-corrected chi connectivity index (χ1v) is 11.6. The number of anilines is 1. The Morgan fingerprint density at radius 2 is 1.66 bits per heavy atom. The Bertz CT molecular complexity index is 1410. The Kier molecular flexibility index (Phi) is 6.87. The molecule has 1 aliphatic heterocycles. The summed E-state index contributed by atoms with van der Waals surface area (Å²) in [5, 5.41) is 15.2. The van der Waals surface area contributed by atoms with E-state index in [9.17, 15) is 24.3 Å². The van der Waals surface area contributed by atoms with Crippen molar-refractivity contribution >= 4 is 34.4 Å². The second-order valence-electron chi connectivity index (χ2n) is 8.13. The van der Waals surface area contributed by atoms with E-state index < -0.39 is 34.3 Å². The molecule has 2 atom stereocenters. The Balaban J connectivity index is 1.58. The van der Waals surface area contributed by atoms with Gasteiger partial charge in [0.25, 0.3) is 5.56 Å². The summed E-state index contributed by atoms with van der Waals surface area (Å²) < 4.78 is 0. The molecule has 10 nitrogen and oxygen atoms in total. The third-order valence-electron chi connectivity index (χ3n) is 5.35. The second kappa shape index (κ2) is 10.0. The maximum atomic E-state index is 12.5. The number of amides is 2. The smallest absolute Gasteiger partial charge is 0.328 e. The maximum Gasteiger partial charge on any atom is 0.328 e. The number of aromatic amines is 2. The van der Waals surface area contributed by atoms with E-state index in [0.29, 0.717) is 11.3 Å². The number of aromatic nitrogens is 2. The van der Waals surface area contributed by atoms with Crippen LogP contribution in [0.25, 0.3) is 0 Å². The summed E-state index contributed by atoms with van der Waals surface area (Å²) in [5.41, 5.74) is 1.40. The Labute approximate surface area is 203 Å². The van der Waals surface area contributed by atoms with Gasteiger partial charge in [0.05, 0.1) is 0 Å². The highest BCUT2D eigenvalue weighted by molar-refractivity contribution is 8.15. The highest BCUT2D eigenvalue weighted by atomic mass is 32.2. The first kappa shape index (κ1) is 24.0. The van der Waals surface area contributed by atoms with E-state index in [2.05, 4.69) is 25.6 Å².